The third-order valence-corrected chi connectivity index (χ3v) is 3.82. The molecule has 0 saturated carbocycles. The molecule has 1 aromatic heterocycles. The van der Waals surface area contributed by atoms with E-state index in [0.29, 0.717) is 34.6 Å². The van der Waals surface area contributed by atoms with E-state index in [1.54, 1.807) is 30.2 Å². The number of carbonyl (C=O) groups is 1. The third-order valence-electron chi connectivity index (χ3n) is 3.54. The summed E-state index contributed by atoms with van der Waals surface area (Å²) in [6.45, 7) is 4.89. The lowest BCUT2D eigenvalue weighted by Gasteiger charge is -2.14. The molecule has 6 nitrogen and oxygen atoms in total. The summed E-state index contributed by atoms with van der Waals surface area (Å²) in [5.41, 5.74) is 1.12. The molecule has 0 spiro atoms. The van der Waals surface area contributed by atoms with Gasteiger partial charge in [0, 0.05) is 18.8 Å². The van der Waals surface area contributed by atoms with E-state index in [4.69, 9.17) is 25.8 Å². The SMILES string of the molecule is COc1cc(C(=O)OCc2cnn(C)c2)cc(Cl)c1OCCC(C)C. The van der Waals surface area contributed by atoms with Crippen LogP contribution in [0.3, 0.4) is 0 Å². The number of benzene rings is 1. The first kappa shape index (κ1) is 19.1. The highest BCUT2D eigenvalue weighted by Crippen LogP contribution is 2.36. The predicted octanol–water partition coefficient (Wildman–Crippen LogP) is 3.86. The highest BCUT2D eigenvalue weighted by Gasteiger charge is 2.17. The Hall–Kier alpha value is -2.21. The van der Waals surface area contributed by atoms with Crippen molar-refractivity contribution in [2.45, 2.75) is 26.9 Å². The van der Waals surface area contributed by atoms with Crippen molar-refractivity contribution >= 4 is 17.6 Å². The number of ether oxygens (including phenoxy) is 3. The summed E-state index contributed by atoms with van der Waals surface area (Å²) >= 11 is 6.27. The molecular formula is C18H23ClN2O4. The fourth-order valence-corrected chi connectivity index (χ4v) is 2.42. The van der Waals surface area contributed by atoms with Crippen molar-refractivity contribution in [1.82, 2.24) is 9.78 Å². The Labute approximate surface area is 152 Å². The molecule has 0 atom stereocenters. The van der Waals surface area contributed by atoms with E-state index in [1.165, 1.54) is 13.2 Å². The predicted molar refractivity (Wildman–Crippen MR) is 95.3 cm³/mol. The van der Waals surface area contributed by atoms with Gasteiger partial charge in [-0.05, 0) is 24.5 Å². The number of esters is 1. The van der Waals surface area contributed by atoms with E-state index in [9.17, 15) is 4.79 Å². The minimum atomic E-state index is -0.488. The molecule has 0 radical (unpaired) electrons. The van der Waals surface area contributed by atoms with Crippen molar-refractivity contribution in [2.75, 3.05) is 13.7 Å². The number of hydrogen-bond acceptors (Lipinski definition) is 5. The Kier molecular flexibility index (Phi) is 6.70. The van der Waals surface area contributed by atoms with Gasteiger partial charge >= 0.3 is 5.97 Å². The molecule has 1 heterocycles. The molecule has 2 aromatic rings. The summed E-state index contributed by atoms with van der Waals surface area (Å²) in [6, 6.07) is 3.10. The zero-order valence-electron chi connectivity index (χ0n) is 14.9. The Balaban J connectivity index is 2.07. The van der Waals surface area contributed by atoms with Crippen LogP contribution in [0.4, 0.5) is 0 Å². The van der Waals surface area contributed by atoms with Crippen molar-refractivity contribution in [1.29, 1.82) is 0 Å². The lowest BCUT2D eigenvalue weighted by atomic mass is 10.1. The maximum atomic E-state index is 12.3. The van der Waals surface area contributed by atoms with Gasteiger partial charge in [0.25, 0.3) is 0 Å². The molecule has 7 heteroatoms. The monoisotopic (exact) mass is 366 g/mol. The van der Waals surface area contributed by atoms with Gasteiger partial charge in [0.2, 0.25) is 0 Å². The molecule has 0 aliphatic heterocycles. The molecule has 0 N–H and O–H groups in total. The summed E-state index contributed by atoms with van der Waals surface area (Å²) in [4.78, 5) is 12.3. The molecule has 0 unspecified atom stereocenters. The van der Waals surface area contributed by atoms with Gasteiger partial charge in [-0.2, -0.15) is 5.10 Å². The average Bonchev–Trinajstić information content (AvgIpc) is 2.98. The molecule has 1 aromatic carbocycles. The fraction of sp³-hybridized carbons (Fsp3) is 0.444. The normalized spacial score (nSPS) is 10.8. The van der Waals surface area contributed by atoms with E-state index < -0.39 is 5.97 Å². The van der Waals surface area contributed by atoms with Crippen molar-refractivity contribution < 1.29 is 19.0 Å². The van der Waals surface area contributed by atoms with Crippen LogP contribution >= 0.6 is 11.6 Å². The fourth-order valence-electron chi connectivity index (χ4n) is 2.15. The molecule has 0 aliphatic carbocycles. The number of halogens is 1. The standard InChI is InChI=1S/C18H23ClN2O4/c1-12(2)5-6-24-17-15(19)7-14(8-16(17)23-4)18(22)25-11-13-9-20-21(3)10-13/h7-10,12H,5-6,11H2,1-4H3. The summed E-state index contributed by atoms with van der Waals surface area (Å²) in [7, 11) is 3.31. The second-order valence-corrected chi connectivity index (χ2v) is 6.53. The van der Waals surface area contributed by atoms with E-state index in [0.717, 1.165) is 12.0 Å². The van der Waals surface area contributed by atoms with Crippen LogP contribution in [0, 0.1) is 5.92 Å². The number of nitrogens with zero attached hydrogens (tertiary/aromatic N) is 2. The lowest BCUT2D eigenvalue weighted by molar-refractivity contribution is 0.0472. The maximum absolute atomic E-state index is 12.3. The van der Waals surface area contributed by atoms with E-state index >= 15 is 0 Å². The van der Waals surface area contributed by atoms with E-state index in [-0.39, 0.29) is 6.61 Å². The second-order valence-electron chi connectivity index (χ2n) is 6.12. The summed E-state index contributed by atoms with van der Waals surface area (Å²) in [6.07, 6.45) is 4.33. The largest absolute Gasteiger partial charge is 0.493 e. The number of rotatable bonds is 8. The van der Waals surface area contributed by atoms with Gasteiger partial charge in [0.05, 0.1) is 30.5 Å². The average molecular weight is 367 g/mol. The highest BCUT2D eigenvalue weighted by molar-refractivity contribution is 6.32. The first-order valence-corrected chi connectivity index (χ1v) is 8.43. The maximum Gasteiger partial charge on any atom is 0.338 e. The van der Waals surface area contributed by atoms with Gasteiger partial charge in [0.15, 0.2) is 11.5 Å². The Bertz CT molecular complexity index is 728. The second kappa shape index (κ2) is 8.76. The lowest BCUT2D eigenvalue weighted by Crippen LogP contribution is -2.07. The molecule has 0 fully saturated rings. The van der Waals surface area contributed by atoms with Crippen LogP contribution in [0.1, 0.15) is 36.2 Å². The smallest absolute Gasteiger partial charge is 0.338 e. The van der Waals surface area contributed by atoms with Crippen molar-refractivity contribution in [2.24, 2.45) is 13.0 Å². The minimum absolute atomic E-state index is 0.138. The number of carbonyl (C=O) groups excluding carboxylic acids is 1. The van der Waals surface area contributed by atoms with Gasteiger partial charge in [0.1, 0.15) is 6.61 Å². The first-order chi connectivity index (χ1) is 11.9. The Morgan fingerprint density at radius 1 is 1.36 bits per heavy atom. The summed E-state index contributed by atoms with van der Waals surface area (Å²) < 4.78 is 18.0. The summed E-state index contributed by atoms with van der Waals surface area (Å²) in [5.74, 6) is 0.877. The molecule has 25 heavy (non-hydrogen) atoms. The minimum Gasteiger partial charge on any atom is -0.493 e. The number of aryl methyl sites for hydroxylation is 1. The number of hydrogen-bond donors (Lipinski definition) is 0. The van der Waals surface area contributed by atoms with Gasteiger partial charge in [-0.15, -0.1) is 0 Å². The molecule has 0 saturated heterocycles. The summed E-state index contributed by atoms with van der Waals surface area (Å²) in [5, 5.41) is 4.35. The topological polar surface area (TPSA) is 62.6 Å². The van der Waals surface area contributed by atoms with Crippen molar-refractivity contribution in [3.05, 3.63) is 40.7 Å². The van der Waals surface area contributed by atoms with Crippen LogP contribution in [-0.2, 0) is 18.4 Å². The molecule has 0 amide bonds. The number of aromatic nitrogens is 2. The molecule has 136 valence electrons. The first-order valence-electron chi connectivity index (χ1n) is 8.05. The zero-order valence-corrected chi connectivity index (χ0v) is 15.7. The highest BCUT2D eigenvalue weighted by atomic mass is 35.5. The Morgan fingerprint density at radius 3 is 2.72 bits per heavy atom. The van der Waals surface area contributed by atoms with Crippen LogP contribution in [0.5, 0.6) is 11.5 Å². The quantitative estimate of drug-likeness (QED) is 0.664. The molecule has 2 rings (SSSR count). The van der Waals surface area contributed by atoms with E-state index in [1.807, 2.05) is 0 Å². The van der Waals surface area contributed by atoms with E-state index in [2.05, 4.69) is 18.9 Å². The van der Waals surface area contributed by atoms with Crippen molar-refractivity contribution in [3.63, 3.8) is 0 Å². The van der Waals surface area contributed by atoms with Gasteiger partial charge in [-0.1, -0.05) is 25.4 Å². The van der Waals surface area contributed by atoms with Crippen LogP contribution < -0.4 is 9.47 Å². The van der Waals surface area contributed by atoms with Crippen molar-refractivity contribution in [3.8, 4) is 11.5 Å². The Morgan fingerprint density at radius 2 is 2.12 bits per heavy atom. The van der Waals surface area contributed by atoms with Crippen LogP contribution in [0.2, 0.25) is 5.02 Å². The third kappa shape index (κ3) is 5.39. The van der Waals surface area contributed by atoms with Gasteiger partial charge in [-0.25, -0.2) is 4.79 Å². The van der Waals surface area contributed by atoms with Crippen LogP contribution in [0.15, 0.2) is 24.5 Å². The molecular weight excluding hydrogens is 344 g/mol. The molecule has 0 aliphatic rings. The van der Waals surface area contributed by atoms with Gasteiger partial charge in [-0.3, -0.25) is 4.68 Å². The number of methoxy groups -OCH3 is 1. The molecule has 0 bridgehead atoms. The zero-order chi connectivity index (χ0) is 18.4. The van der Waals surface area contributed by atoms with Crippen LogP contribution in [0.25, 0.3) is 0 Å². The van der Waals surface area contributed by atoms with Gasteiger partial charge < -0.3 is 14.2 Å². The van der Waals surface area contributed by atoms with Crippen LogP contribution in [-0.4, -0.2) is 29.5 Å².